The molecule has 1 fully saturated rings. The van der Waals surface area contributed by atoms with Gasteiger partial charge < -0.3 is 14.4 Å². The molecule has 4 rings (SSSR count). The van der Waals surface area contributed by atoms with Gasteiger partial charge in [0.15, 0.2) is 0 Å². The summed E-state index contributed by atoms with van der Waals surface area (Å²) in [6.07, 6.45) is -3.44. The maximum Gasteiger partial charge on any atom is 0.573 e. The van der Waals surface area contributed by atoms with E-state index in [1.165, 1.54) is 24.3 Å². The fourth-order valence-electron chi connectivity index (χ4n) is 3.97. The van der Waals surface area contributed by atoms with E-state index in [1.54, 1.807) is 6.07 Å². The minimum absolute atomic E-state index is 0.157. The number of rotatable bonds is 5. The summed E-state index contributed by atoms with van der Waals surface area (Å²) in [4.78, 5) is 25.6. The molecule has 6 nitrogen and oxygen atoms in total. The second-order valence-electron chi connectivity index (χ2n) is 9.09. The van der Waals surface area contributed by atoms with Crippen molar-refractivity contribution in [3.63, 3.8) is 0 Å². The zero-order valence-electron chi connectivity index (χ0n) is 19.0. The summed E-state index contributed by atoms with van der Waals surface area (Å²) in [6, 6.07) is 7.94. The minimum atomic E-state index is -4.90. The average molecular weight is 493 g/mol. The number of hydrogen-bond donors (Lipinski definition) is 1. The Kier molecular flexibility index (Phi) is 6.15. The predicted molar refractivity (Wildman–Crippen MR) is 124 cm³/mol. The molecule has 2 amide bonds. The van der Waals surface area contributed by atoms with Crippen molar-refractivity contribution in [2.75, 3.05) is 20.7 Å². The Bertz CT molecular complexity index is 1210. The number of nitrogens with zero attached hydrogens (tertiary/aromatic N) is 1. The number of carbonyl (C=O) groups is 2. The van der Waals surface area contributed by atoms with E-state index in [-0.39, 0.29) is 21.6 Å². The van der Waals surface area contributed by atoms with Gasteiger partial charge in [0.2, 0.25) is 0 Å². The number of halogens is 3. The number of thioether (sulfide) groups is 1. The maximum atomic E-state index is 13.2. The Balaban J connectivity index is 1.91. The van der Waals surface area contributed by atoms with Gasteiger partial charge >= 0.3 is 6.36 Å². The highest BCUT2D eigenvalue weighted by molar-refractivity contribution is 8.18. The van der Waals surface area contributed by atoms with Crippen molar-refractivity contribution < 1.29 is 32.2 Å². The molecule has 2 aromatic rings. The van der Waals surface area contributed by atoms with Crippen molar-refractivity contribution in [2.45, 2.75) is 32.2 Å². The molecule has 2 aliphatic heterocycles. The summed E-state index contributed by atoms with van der Waals surface area (Å²) in [5.74, 6) is -0.426. The Morgan fingerprint density at radius 3 is 2.53 bits per heavy atom. The van der Waals surface area contributed by atoms with Crippen molar-refractivity contribution in [2.24, 2.45) is 0 Å². The molecule has 0 aromatic heterocycles. The molecule has 1 saturated heterocycles. The van der Waals surface area contributed by atoms with Crippen LogP contribution in [0.25, 0.3) is 17.2 Å². The zero-order valence-corrected chi connectivity index (χ0v) is 19.8. The highest BCUT2D eigenvalue weighted by Crippen LogP contribution is 2.48. The van der Waals surface area contributed by atoms with E-state index in [9.17, 15) is 22.8 Å². The van der Waals surface area contributed by atoms with Gasteiger partial charge in [0.25, 0.3) is 11.1 Å². The molecule has 2 aromatic carbocycles. The molecule has 180 valence electrons. The number of alkyl halides is 3. The van der Waals surface area contributed by atoms with Crippen LogP contribution in [0.1, 0.15) is 30.5 Å². The number of imide groups is 1. The third-order valence-electron chi connectivity index (χ3n) is 5.41. The van der Waals surface area contributed by atoms with Crippen LogP contribution in [0, 0.1) is 0 Å². The molecular formula is C24H23F3N2O4S. The lowest BCUT2D eigenvalue weighted by Gasteiger charge is -2.20. The van der Waals surface area contributed by atoms with Crippen LogP contribution in [0.2, 0.25) is 0 Å². The van der Waals surface area contributed by atoms with Gasteiger partial charge in [-0.2, -0.15) is 0 Å². The first-order valence-corrected chi connectivity index (χ1v) is 11.2. The molecule has 0 bridgehead atoms. The molecule has 2 heterocycles. The Labute approximate surface area is 199 Å². The quantitative estimate of drug-likeness (QED) is 0.571. The van der Waals surface area contributed by atoms with Crippen LogP contribution >= 0.6 is 11.8 Å². The summed E-state index contributed by atoms with van der Waals surface area (Å²) in [6.45, 7) is 5.00. The van der Waals surface area contributed by atoms with E-state index < -0.39 is 17.5 Å². The van der Waals surface area contributed by atoms with Crippen LogP contribution in [-0.2, 0) is 16.8 Å². The highest BCUT2D eigenvalue weighted by atomic mass is 32.2. The molecule has 0 aliphatic carbocycles. The lowest BCUT2D eigenvalue weighted by molar-refractivity contribution is -0.274. The molecule has 0 atom stereocenters. The third-order valence-corrected chi connectivity index (χ3v) is 6.22. The van der Waals surface area contributed by atoms with Gasteiger partial charge in [-0.3, -0.25) is 14.9 Å². The molecule has 0 unspecified atom stereocenters. The fraction of sp³-hybridized carbons (Fsp3) is 0.333. The van der Waals surface area contributed by atoms with E-state index in [0.29, 0.717) is 30.0 Å². The van der Waals surface area contributed by atoms with Gasteiger partial charge in [-0.15, -0.1) is 13.2 Å². The first kappa shape index (κ1) is 24.2. The van der Waals surface area contributed by atoms with Crippen LogP contribution in [0.5, 0.6) is 11.5 Å². The Hall–Kier alpha value is -2.98. The molecule has 1 N–H and O–H groups in total. The average Bonchev–Trinajstić information content (AvgIpc) is 3.18. The number of amides is 2. The second kappa shape index (κ2) is 8.66. The molecular weight excluding hydrogens is 469 g/mol. The first-order chi connectivity index (χ1) is 15.8. The van der Waals surface area contributed by atoms with Crippen molar-refractivity contribution in [3.05, 3.63) is 51.9 Å². The van der Waals surface area contributed by atoms with E-state index >= 15 is 0 Å². The van der Waals surface area contributed by atoms with Crippen molar-refractivity contribution in [1.82, 2.24) is 10.2 Å². The molecule has 0 spiro atoms. The van der Waals surface area contributed by atoms with Crippen LogP contribution in [-0.4, -0.2) is 43.1 Å². The lowest BCUT2D eigenvalue weighted by atomic mass is 9.84. The second-order valence-corrected chi connectivity index (χ2v) is 10.1. The van der Waals surface area contributed by atoms with Crippen LogP contribution in [0.15, 0.2) is 35.2 Å². The molecule has 0 saturated carbocycles. The van der Waals surface area contributed by atoms with E-state index in [2.05, 4.69) is 10.1 Å². The number of carbonyl (C=O) groups excluding carboxylic acids is 2. The minimum Gasteiger partial charge on any atom is -0.492 e. The van der Waals surface area contributed by atoms with E-state index in [1.807, 2.05) is 38.9 Å². The lowest BCUT2D eigenvalue weighted by Crippen LogP contribution is -2.19. The van der Waals surface area contributed by atoms with Crippen LogP contribution < -0.4 is 14.8 Å². The number of hydrogen-bond acceptors (Lipinski definition) is 6. The van der Waals surface area contributed by atoms with Gasteiger partial charge in [-0.1, -0.05) is 26.0 Å². The first-order valence-electron chi connectivity index (χ1n) is 10.4. The largest absolute Gasteiger partial charge is 0.573 e. The summed E-state index contributed by atoms with van der Waals surface area (Å²) in [5.41, 5.74) is 2.59. The Morgan fingerprint density at radius 2 is 1.91 bits per heavy atom. The molecule has 0 radical (unpaired) electrons. The SMILES string of the molecule is CN(C)Cc1cc(-c2cc(C=C3SC(=O)NC3=O)ccc2OC(F)(F)F)c2c(c1)C(C)(C)CO2. The monoisotopic (exact) mass is 492 g/mol. The zero-order chi connectivity index (χ0) is 24.8. The predicted octanol–water partition coefficient (Wildman–Crippen LogP) is 5.31. The van der Waals surface area contributed by atoms with Crippen LogP contribution in [0.4, 0.5) is 18.0 Å². The normalized spacial score (nSPS) is 18.3. The number of nitrogens with one attached hydrogen (secondary N) is 1. The van der Waals surface area contributed by atoms with E-state index in [4.69, 9.17) is 4.74 Å². The summed E-state index contributed by atoms with van der Waals surface area (Å²) < 4.78 is 50.1. The van der Waals surface area contributed by atoms with Crippen molar-refractivity contribution in [1.29, 1.82) is 0 Å². The third kappa shape index (κ3) is 5.07. The van der Waals surface area contributed by atoms with Gasteiger partial charge in [-0.05, 0) is 61.3 Å². The Morgan fingerprint density at radius 1 is 1.18 bits per heavy atom. The molecule has 2 aliphatic rings. The van der Waals surface area contributed by atoms with Gasteiger partial charge in [-0.25, -0.2) is 0 Å². The van der Waals surface area contributed by atoms with Crippen LogP contribution in [0.3, 0.4) is 0 Å². The number of fused-ring (bicyclic) bond motifs is 1. The van der Waals surface area contributed by atoms with Crippen molar-refractivity contribution in [3.8, 4) is 22.6 Å². The molecule has 10 heteroatoms. The standard InChI is InChI=1S/C24H23F3N2O4S/c1-23(2)12-32-20-16(8-14(9-17(20)23)11-29(3)4)15-7-13(5-6-18(15)33-24(25,26)27)10-19-21(30)28-22(31)34-19/h5-10H,11-12H2,1-4H3,(H,28,30,31). The smallest absolute Gasteiger partial charge is 0.492 e. The maximum absolute atomic E-state index is 13.2. The van der Waals surface area contributed by atoms with Gasteiger partial charge in [0.1, 0.15) is 11.5 Å². The summed E-state index contributed by atoms with van der Waals surface area (Å²) in [7, 11) is 3.82. The number of ether oxygens (including phenoxy) is 2. The van der Waals surface area contributed by atoms with Gasteiger partial charge in [0, 0.05) is 28.7 Å². The summed E-state index contributed by atoms with van der Waals surface area (Å²) in [5, 5.41) is 1.66. The highest BCUT2D eigenvalue weighted by Gasteiger charge is 2.37. The topological polar surface area (TPSA) is 67.9 Å². The van der Waals surface area contributed by atoms with Crippen molar-refractivity contribution >= 4 is 29.0 Å². The molecule has 34 heavy (non-hydrogen) atoms. The fourth-order valence-corrected chi connectivity index (χ4v) is 4.65. The summed E-state index contributed by atoms with van der Waals surface area (Å²) >= 11 is 0.734. The van der Waals surface area contributed by atoms with Gasteiger partial charge in [0.05, 0.1) is 11.5 Å². The van der Waals surface area contributed by atoms with E-state index in [0.717, 1.165) is 22.9 Å². The number of benzene rings is 2.